The first-order valence-electron chi connectivity index (χ1n) is 7.46. The summed E-state index contributed by atoms with van der Waals surface area (Å²) in [5, 5.41) is 2.77. The molecule has 122 valence electrons. The minimum atomic E-state index is -3.55. The van der Waals surface area contributed by atoms with Gasteiger partial charge in [0.2, 0.25) is 10.0 Å². The first-order valence-corrected chi connectivity index (χ1v) is 8.94. The number of carbonyl (C=O) groups excluding carboxylic acids is 1. The summed E-state index contributed by atoms with van der Waals surface area (Å²) in [6.07, 6.45) is 2.41. The van der Waals surface area contributed by atoms with Crippen molar-refractivity contribution in [1.82, 2.24) is 10.0 Å². The van der Waals surface area contributed by atoms with Gasteiger partial charge in [-0.05, 0) is 50.8 Å². The fourth-order valence-electron chi connectivity index (χ4n) is 2.01. The standard InChI is InChI=1S/C15H23N3O3S/c1-10-3-6-13(22(20,21)18-12-4-5-12)9-14(10)15(19)17-8-7-11(2)16/h3,6,9,11-12,18H,4-5,7-8,16H2,1-2H3,(H,17,19). The van der Waals surface area contributed by atoms with E-state index in [2.05, 4.69) is 10.0 Å². The fraction of sp³-hybridized carbons (Fsp3) is 0.533. The number of rotatable bonds is 7. The molecule has 0 bridgehead atoms. The Morgan fingerprint density at radius 2 is 2.09 bits per heavy atom. The molecule has 2 rings (SSSR count). The molecule has 1 atom stereocenters. The summed E-state index contributed by atoms with van der Waals surface area (Å²) >= 11 is 0. The zero-order valence-electron chi connectivity index (χ0n) is 12.9. The number of sulfonamides is 1. The van der Waals surface area contributed by atoms with Gasteiger partial charge in [-0.3, -0.25) is 4.79 Å². The molecular formula is C15H23N3O3S. The molecule has 1 saturated carbocycles. The van der Waals surface area contributed by atoms with Gasteiger partial charge in [0, 0.05) is 24.2 Å². The molecule has 6 nitrogen and oxygen atoms in total. The first kappa shape index (κ1) is 16.9. The molecule has 7 heteroatoms. The molecule has 1 aromatic rings. The lowest BCUT2D eigenvalue weighted by Gasteiger charge is -2.11. The predicted octanol–water partition coefficient (Wildman–Crippen LogP) is 0.903. The quantitative estimate of drug-likeness (QED) is 0.693. The summed E-state index contributed by atoms with van der Waals surface area (Å²) in [6, 6.07) is 4.66. The zero-order valence-corrected chi connectivity index (χ0v) is 13.7. The maximum absolute atomic E-state index is 12.2. The predicted molar refractivity (Wildman–Crippen MR) is 85.1 cm³/mol. The van der Waals surface area contributed by atoms with Gasteiger partial charge in [0.05, 0.1) is 4.90 Å². The van der Waals surface area contributed by atoms with E-state index in [-0.39, 0.29) is 22.9 Å². The summed E-state index contributed by atoms with van der Waals surface area (Å²) in [4.78, 5) is 12.3. The van der Waals surface area contributed by atoms with Crippen molar-refractivity contribution in [3.05, 3.63) is 29.3 Å². The summed E-state index contributed by atoms with van der Waals surface area (Å²) in [7, 11) is -3.55. The third-order valence-electron chi connectivity index (χ3n) is 3.55. The number of amides is 1. The van der Waals surface area contributed by atoms with E-state index in [0.29, 0.717) is 18.5 Å². The van der Waals surface area contributed by atoms with Crippen molar-refractivity contribution in [1.29, 1.82) is 0 Å². The number of aryl methyl sites for hydroxylation is 1. The van der Waals surface area contributed by atoms with Crippen molar-refractivity contribution in [2.45, 2.75) is 50.1 Å². The second kappa shape index (κ2) is 6.76. The molecule has 1 unspecified atom stereocenters. The second-order valence-electron chi connectivity index (χ2n) is 5.89. The van der Waals surface area contributed by atoms with Crippen molar-refractivity contribution >= 4 is 15.9 Å². The molecule has 22 heavy (non-hydrogen) atoms. The summed E-state index contributed by atoms with van der Waals surface area (Å²) in [5.41, 5.74) is 6.76. The molecule has 0 aliphatic heterocycles. The molecule has 1 aromatic carbocycles. The third-order valence-corrected chi connectivity index (χ3v) is 5.07. The molecule has 1 amide bonds. The molecule has 0 radical (unpaired) electrons. The summed E-state index contributed by atoms with van der Waals surface area (Å²) in [6.45, 7) is 4.12. The smallest absolute Gasteiger partial charge is 0.251 e. The Kier molecular flexibility index (Phi) is 5.20. The Hall–Kier alpha value is -1.44. The Bertz CT molecular complexity index is 652. The highest BCUT2D eigenvalue weighted by Crippen LogP contribution is 2.23. The lowest BCUT2D eigenvalue weighted by Crippen LogP contribution is -2.30. The van der Waals surface area contributed by atoms with Gasteiger partial charge in [0.25, 0.3) is 5.91 Å². The molecule has 0 saturated heterocycles. The van der Waals surface area contributed by atoms with Crippen LogP contribution in [0.4, 0.5) is 0 Å². The maximum atomic E-state index is 12.2. The van der Waals surface area contributed by atoms with Crippen molar-refractivity contribution in [3.8, 4) is 0 Å². The van der Waals surface area contributed by atoms with Crippen LogP contribution < -0.4 is 15.8 Å². The topological polar surface area (TPSA) is 101 Å². The minimum absolute atomic E-state index is 0.0100. The Labute approximate surface area is 131 Å². The Morgan fingerprint density at radius 1 is 1.41 bits per heavy atom. The van der Waals surface area contributed by atoms with Crippen molar-refractivity contribution in [2.75, 3.05) is 6.54 Å². The van der Waals surface area contributed by atoms with E-state index in [4.69, 9.17) is 5.73 Å². The summed E-state index contributed by atoms with van der Waals surface area (Å²) in [5.74, 6) is -0.276. The number of hydrogen-bond donors (Lipinski definition) is 3. The van der Waals surface area contributed by atoms with Gasteiger partial charge in [0.1, 0.15) is 0 Å². The number of benzene rings is 1. The van der Waals surface area contributed by atoms with Gasteiger partial charge in [-0.25, -0.2) is 13.1 Å². The van der Waals surface area contributed by atoms with Crippen LogP contribution in [-0.2, 0) is 10.0 Å². The van der Waals surface area contributed by atoms with Crippen LogP contribution >= 0.6 is 0 Å². The van der Waals surface area contributed by atoms with Crippen LogP contribution in [0.25, 0.3) is 0 Å². The fourth-order valence-corrected chi connectivity index (χ4v) is 3.34. The second-order valence-corrected chi connectivity index (χ2v) is 7.61. The van der Waals surface area contributed by atoms with E-state index in [1.807, 2.05) is 6.92 Å². The SMILES string of the molecule is Cc1ccc(S(=O)(=O)NC2CC2)cc1C(=O)NCCC(C)N. The highest BCUT2D eigenvalue weighted by molar-refractivity contribution is 7.89. The van der Waals surface area contributed by atoms with Gasteiger partial charge >= 0.3 is 0 Å². The summed E-state index contributed by atoms with van der Waals surface area (Å²) < 4.78 is 27.0. The molecule has 0 spiro atoms. The molecule has 0 heterocycles. The Morgan fingerprint density at radius 3 is 2.68 bits per heavy atom. The van der Waals surface area contributed by atoms with Crippen LogP contribution in [0.2, 0.25) is 0 Å². The minimum Gasteiger partial charge on any atom is -0.352 e. The van der Waals surface area contributed by atoms with Crippen LogP contribution in [0.1, 0.15) is 42.1 Å². The number of nitrogens with one attached hydrogen (secondary N) is 2. The van der Waals surface area contributed by atoms with Gasteiger partial charge in [0.15, 0.2) is 0 Å². The average Bonchev–Trinajstić information content (AvgIpc) is 3.21. The van der Waals surface area contributed by atoms with Crippen LogP contribution in [-0.4, -0.2) is 33.0 Å². The van der Waals surface area contributed by atoms with Gasteiger partial charge < -0.3 is 11.1 Å². The van der Waals surface area contributed by atoms with Gasteiger partial charge in [-0.2, -0.15) is 0 Å². The van der Waals surface area contributed by atoms with Crippen LogP contribution in [0, 0.1) is 6.92 Å². The molecule has 1 aliphatic carbocycles. The zero-order chi connectivity index (χ0) is 16.3. The van der Waals surface area contributed by atoms with Crippen molar-refractivity contribution < 1.29 is 13.2 Å². The van der Waals surface area contributed by atoms with E-state index in [9.17, 15) is 13.2 Å². The van der Waals surface area contributed by atoms with E-state index in [1.165, 1.54) is 12.1 Å². The lowest BCUT2D eigenvalue weighted by atomic mass is 10.1. The van der Waals surface area contributed by atoms with Crippen LogP contribution in [0.3, 0.4) is 0 Å². The van der Waals surface area contributed by atoms with Crippen molar-refractivity contribution in [2.24, 2.45) is 5.73 Å². The van der Waals surface area contributed by atoms with E-state index >= 15 is 0 Å². The van der Waals surface area contributed by atoms with E-state index in [0.717, 1.165) is 18.4 Å². The number of hydrogen-bond acceptors (Lipinski definition) is 4. The first-order chi connectivity index (χ1) is 10.3. The highest BCUT2D eigenvalue weighted by Gasteiger charge is 2.28. The van der Waals surface area contributed by atoms with Gasteiger partial charge in [-0.1, -0.05) is 6.07 Å². The van der Waals surface area contributed by atoms with Crippen LogP contribution in [0.5, 0.6) is 0 Å². The average molecular weight is 325 g/mol. The molecule has 1 fully saturated rings. The number of nitrogens with two attached hydrogens (primary N) is 1. The Balaban J connectivity index is 2.13. The number of carbonyl (C=O) groups is 1. The highest BCUT2D eigenvalue weighted by atomic mass is 32.2. The van der Waals surface area contributed by atoms with Crippen LogP contribution in [0.15, 0.2) is 23.1 Å². The van der Waals surface area contributed by atoms with Crippen molar-refractivity contribution in [3.63, 3.8) is 0 Å². The normalized spacial score (nSPS) is 16.3. The molecular weight excluding hydrogens is 302 g/mol. The largest absolute Gasteiger partial charge is 0.352 e. The third kappa shape index (κ3) is 4.53. The lowest BCUT2D eigenvalue weighted by molar-refractivity contribution is 0.0952. The van der Waals surface area contributed by atoms with Gasteiger partial charge in [-0.15, -0.1) is 0 Å². The monoisotopic (exact) mass is 325 g/mol. The molecule has 0 aromatic heterocycles. The van der Waals surface area contributed by atoms with E-state index in [1.54, 1.807) is 13.0 Å². The maximum Gasteiger partial charge on any atom is 0.251 e. The molecule has 1 aliphatic rings. The van der Waals surface area contributed by atoms with E-state index < -0.39 is 10.0 Å². The molecule has 4 N–H and O–H groups in total.